The Labute approximate surface area is 154 Å². The zero-order valence-electron chi connectivity index (χ0n) is 15.6. The second kappa shape index (κ2) is 7.94. The van der Waals surface area contributed by atoms with Gasteiger partial charge in [-0.05, 0) is 31.9 Å². The van der Waals surface area contributed by atoms with Crippen molar-refractivity contribution in [2.45, 2.75) is 46.5 Å². The molecule has 5 heteroatoms. The van der Waals surface area contributed by atoms with Crippen molar-refractivity contribution in [2.75, 3.05) is 6.61 Å². The fourth-order valence-corrected chi connectivity index (χ4v) is 3.78. The molecule has 0 spiro atoms. The molecule has 1 unspecified atom stereocenters. The summed E-state index contributed by atoms with van der Waals surface area (Å²) < 4.78 is 5.44. The minimum absolute atomic E-state index is 0.000939. The summed E-state index contributed by atoms with van der Waals surface area (Å²) in [6.45, 7) is 5.07. The third kappa shape index (κ3) is 3.76. The molecule has 1 aliphatic carbocycles. The van der Waals surface area contributed by atoms with Crippen LogP contribution in [0.3, 0.4) is 0 Å². The van der Waals surface area contributed by atoms with Crippen LogP contribution in [0.2, 0.25) is 0 Å². The molecule has 0 heterocycles. The quantitative estimate of drug-likeness (QED) is 0.551. The summed E-state index contributed by atoms with van der Waals surface area (Å²) in [7, 11) is 0. The van der Waals surface area contributed by atoms with Crippen molar-refractivity contribution in [3.8, 4) is 0 Å². The Bertz CT molecular complexity index is 696. The maximum absolute atomic E-state index is 12.6. The van der Waals surface area contributed by atoms with E-state index < -0.39 is 16.8 Å². The number of carbonyl (C=O) groups is 4. The first-order valence-corrected chi connectivity index (χ1v) is 8.96. The molecule has 1 aromatic rings. The number of rotatable bonds is 7. The van der Waals surface area contributed by atoms with Crippen molar-refractivity contribution in [1.29, 1.82) is 0 Å². The summed E-state index contributed by atoms with van der Waals surface area (Å²) in [6, 6.07) is 8.66. The number of ketones is 2. The van der Waals surface area contributed by atoms with Crippen LogP contribution < -0.4 is 0 Å². The standard InChI is InChI=1S/C21H26O5/c1-15(23)11-12-20(2)18(24)10-9-17(21(20,3)14-22)13-26-19(25)16-7-5-4-6-8-16/h4-8,14,17H,9-13H2,1-3H3/t17-,20-,21?/m0/s1. The van der Waals surface area contributed by atoms with Crippen LogP contribution in [0, 0.1) is 16.7 Å². The van der Waals surface area contributed by atoms with Gasteiger partial charge >= 0.3 is 5.97 Å². The summed E-state index contributed by atoms with van der Waals surface area (Å²) in [4.78, 5) is 48.3. The molecular formula is C21H26O5. The van der Waals surface area contributed by atoms with E-state index in [1.165, 1.54) is 6.92 Å². The van der Waals surface area contributed by atoms with Crippen molar-refractivity contribution >= 4 is 23.8 Å². The topological polar surface area (TPSA) is 77.5 Å². The molecule has 1 saturated carbocycles. The molecule has 1 fully saturated rings. The summed E-state index contributed by atoms with van der Waals surface area (Å²) in [5.41, 5.74) is -1.46. The number of carbonyl (C=O) groups excluding carboxylic acids is 4. The van der Waals surface area contributed by atoms with Crippen molar-refractivity contribution in [3.63, 3.8) is 0 Å². The van der Waals surface area contributed by atoms with Gasteiger partial charge in [0.15, 0.2) is 0 Å². The maximum Gasteiger partial charge on any atom is 0.338 e. The first kappa shape index (κ1) is 20.0. The fraction of sp³-hybridized carbons (Fsp3) is 0.524. The molecule has 0 radical (unpaired) electrons. The highest BCUT2D eigenvalue weighted by molar-refractivity contribution is 5.91. The lowest BCUT2D eigenvalue weighted by atomic mass is 9.51. The molecule has 3 atom stereocenters. The Kier molecular flexibility index (Phi) is 6.11. The molecule has 1 aromatic carbocycles. The van der Waals surface area contributed by atoms with E-state index in [1.54, 1.807) is 38.1 Å². The Morgan fingerprint density at radius 3 is 2.46 bits per heavy atom. The normalized spacial score (nSPS) is 28.4. The summed E-state index contributed by atoms with van der Waals surface area (Å²) in [5, 5.41) is 0. The molecule has 5 nitrogen and oxygen atoms in total. The van der Waals surface area contributed by atoms with E-state index >= 15 is 0 Å². The van der Waals surface area contributed by atoms with E-state index in [-0.39, 0.29) is 30.5 Å². The van der Waals surface area contributed by atoms with Gasteiger partial charge in [-0.2, -0.15) is 0 Å². The van der Waals surface area contributed by atoms with Gasteiger partial charge in [0.1, 0.15) is 17.9 Å². The SMILES string of the molecule is CC(=O)CC[C@@]1(C)C(=O)CC[C@@H](COC(=O)c2ccccc2)C1(C)C=O. The fourth-order valence-electron chi connectivity index (χ4n) is 3.78. The maximum atomic E-state index is 12.6. The van der Waals surface area contributed by atoms with Crippen LogP contribution >= 0.6 is 0 Å². The van der Waals surface area contributed by atoms with Gasteiger partial charge < -0.3 is 14.3 Å². The van der Waals surface area contributed by atoms with E-state index in [1.807, 2.05) is 6.07 Å². The van der Waals surface area contributed by atoms with E-state index in [0.29, 0.717) is 24.8 Å². The molecule has 0 aromatic heterocycles. The lowest BCUT2D eigenvalue weighted by molar-refractivity contribution is -0.155. The third-order valence-electron chi connectivity index (χ3n) is 6.02. The molecular weight excluding hydrogens is 332 g/mol. The van der Waals surface area contributed by atoms with Gasteiger partial charge in [-0.3, -0.25) is 4.79 Å². The predicted molar refractivity (Wildman–Crippen MR) is 96.6 cm³/mol. The van der Waals surface area contributed by atoms with Gasteiger partial charge in [-0.1, -0.05) is 32.0 Å². The molecule has 2 rings (SSSR count). The van der Waals surface area contributed by atoms with Crippen LogP contribution in [0.5, 0.6) is 0 Å². The largest absolute Gasteiger partial charge is 0.462 e. The zero-order valence-corrected chi connectivity index (χ0v) is 15.6. The van der Waals surface area contributed by atoms with Crippen LogP contribution in [-0.4, -0.2) is 30.4 Å². The summed E-state index contributed by atoms with van der Waals surface area (Å²) in [5.74, 6) is -0.715. The lowest BCUT2D eigenvalue weighted by Crippen LogP contribution is -2.54. The van der Waals surface area contributed by atoms with E-state index in [4.69, 9.17) is 4.74 Å². The smallest absolute Gasteiger partial charge is 0.338 e. The number of hydrogen-bond donors (Lipinski definition) is 0. The van der Waals surface area contributed by atoms with Gasteiger partial charge in [0, 0.05) is 29.6 Å². The van der Waals surface area contributed by atoms with Gasteiger partial charge in [0.05, 0.1) is 12.2 Å². The molecule has 0 bridgehead atoms. The van der Waals surface area contributed by atoms with Gasteiger partial charge in [-0.15, -0.1) is 0 Å². The van der Waals surface area contributed by atoms with E-state index in [2.05, 4.69) is 0 Å². The number of aldehydes is 1. The molecule has 0 saturated heterocycles. The Balaban J connectivity index is 2.17. The Morgan fingerprint density at radius 1 is 1.23 bits per heavy atom. The molecule has 0 amide bonds. The monoisotopic (exact) mass is 358 g/mol. The molecule has 140 valence electrons. The molecule has 26 heavy (non-hydrogen) atoms. The minimum Gasteiger partial charge on any atom is -0.462 e. The molecule has 0 N–H and O–H groups in total. The van der Waals surface area contributed by atoms with Gasteiger partial charge in [-0.25, -0.2) is 4.79 Å². The van der Waals surface area contributed by atoms with Crippen molar-refractivity contribution in [1.82, 2.24) is 0 Å². The van der Waals surface area contributed by atoms with Crippen LogP contribution in [0.1, 0.15) is 56.8 Å². The lowest BCUT2D eigenvalue weighted by Gasteiger charge is -2.50. The minimum atomic E-state index is -0.977. The van der Waals surface area contributed by atoms with Crippen molar-refractivity contribution < 1.29 is 23.9 Å². The average Bonchev–Trinajstić information content (AvgIpc) is 2.64. The Morgan fingerprint density at radius 2 is 1.88 bits per heavy atom. The Hall–Kier alpha value is -2.30. The van der Waals surface area contributed by atoms with E-state index in [9.17, 15) is 19.2 Å². The zero-order chi connectivity index (χ0) is 19.4. The summed E-state index contributed by atoms with van der Waals surface area (Å²) in [6.07, 6.45) is 2.21. The average molecular weight is 358 g/mol. The first-order valence-electron chi connectivity index (χ1n) is 8.96. The number of ether oxygens (including phenoxy) is 1. The van der Waals surface area contributed by atoms with Crippen LogP contribution in [0.25, 0.3) is 0 Å². The van der Waals surface area contributed by atoms with Crippen LogP contribution in [0.15, 0.2) is 30.3 Å². The van der Waals surface area contributed by atoms with Gasteiger partial charge in [0.2, 0.25) is 0 Å². The molecule has 0 aliphatic heterocycles. The van der Waals surface area contributed by atoms with E-state index in [0.717, 1.165) is 6.29 Å². The van der Waals surface area contributed by atoms with Crippen molar-refractivity contribution in [2.24, 2.45) is 16.7 Å². The molecule has 1 aliphatic rings. The number of hydrogen-bond acceptors (Lipinski definition) is 5. The van der Waals surface area contributed by atoms with Gasteiger partial charge in [0.25, 0.3) is 0 Å². The number of esters is 1. The number of benzene rings is 1. The van der Waals surface area contributed by atoms with Crippen molar-refractivity contribution in [3.05, 3.63) is 35.9 Å². The second-order valence-electron chi connectivity index (χ2n) is 7.56. The third-order valence-corrected chi connectivity index (χ3v) is 6.02. The van der Waals surface area contributed by atoms with Crippen LogP contribution in [0.4, 0.5) is 0 Å². The second-order valence-corrected chi connectivity index (χ2v) is 7.56. The predicted octanol–water partition coefficient (Wildman–Crippen LogP) is 3.40. The summed E-state index contributed by atoms with van der Waals surface area (Å²) >= 11 is 0. The van der Waals surface area contributed by atoms with Crippen LogP contribution in [-0.2, 0) is 19.1 Å². The highest BCUT2D eigenvalue weighted by Crippen LogP contribution is 2.53. The highest BCUT2D eigenvalue weighted by atomic mass is 16.5. The first-order chi connectivity index (χ1) is 12.2. The number of Topliss-reactive ketones (excluding diaryl/α,β-unsaturated/α-hetero) is 2. The highest BCUT2D eigenvalue weighted by Gasteiger charge is 2.56.